The summed E-state index contributed by atoms with van der Waals surface area (Å²) in [6.45, 7) is 0.444. The third kappa shape index (κ3) is 5.07. The second-order valence-electron chi connectivity index (χ2n) is 7.26. The van der Waals surface area contributed by atoms with Crippen LogP contribution in [0.25, 0.3) is 11.1 Å². The lowest BCUT2D eigenvalue weighted by atomic mass is 10.1. The molecule has 3 N–H and O–H groups in total. The van der Waals surface area contributed by atoms with E-state index < -0.39 is 0 Å². The van der Waals surface area contributed by atoms with Crippen molar-refractivity contribution >= 4 is 29.3 Å². The first kappa shape index (κ1) is 20.2. The summed E-state index contributed by atoms with van der Waals surface area (Å²) in [4.78, 5) is 23.6. The van der Waals surface area contributed by atoms with Crippen LogP contribution in [0.5, 0.6) is 0 Å². The van der Waals surface area contributed by atoms with Gasteiger partial charge in [-0.3, -0.25) is 9.59 Å². The Bertz CT molecular complexity index is 1030. The van der Waals surface area contributed by atoms with Gasteiger partial charge in [-0.05, 0) is 36.1 Å². The molecule has 8 heteroatoms. The van der Waals surface area contributed by atoms with Crippen molar-refractivity contribution in [2.45, 2.75) is 36.9 Å². The number of nitrogens with zero attached hydrogens (tertiary/aromatic N) is 3. The van der Waals surface area contributed by atoms with E-state index >= 15 is 0 Å². The predicted molar refractivity (Wildman–Crippen MR) is 117 cm³/mol. The molecule has 4 rings (SSSR count). The van der Waals surface area contributed by atoms with E-state index in [0.717, 1.165) is 35.5 Å². The van der Waals surface area contributed by atoms with Gasteiger partial charge in [-0.2, -0.15) is 0 Å². The quantitative estimate of drug-likeness (QED) is 0.515. The zero-order valence-electron chi connectivity index (χ0n) is 16.5. The van der Waals surface area contributed by atoms with E-state index in [0.29, 0.717) is 17.6 Å². The molecule has 0 atom stereocenters. The molecular weight excluding hydrogens is 398 g/mol. The zero-order chi connectivity index (χ0) is 20.9. The van der Waals surface area contributed by atoms with Crippen molar-refractivity contribution in [3.8, 4) is 11.1 Å². The SMILES string of the molecule is NC(=O)CCn1c(SCC(=O)Nc2ccc(-c3ccccc3)cc2)nnc1C1CC1. The minimum absolute atomic E-state index is 0.120. The Balaban J connectivity index is 1.35. The molecule has 0 bridgehead atoms. The third-order valence-corrected chi connectivity index (χ3v) is 5.84. The Hall–Kier alpha value is -3.13. The number of aromatic nitrogens is 3. The van der Waals surface area contributed by atoms with Gasteiger partial charge in [0.1, 0.15) is 5.82 Å². The van der Waals surface area contributed by atoms with E-state index in [-0.39, 0.29) is 24.0 Å². The number of hydrogen-bond donors (Lipinski definition) is 2. The standard InChI is InChI=1S/C22H23N5O2S/c23-19(28)12-13-27-21(17-6-7-17)25-26-22(27)30-14-20(29)24-18-10-8-16(9-11-18)15-4-2-1-3-5-15/h1-5,8-11,17H,6-7,12-14H2,(H2,23,28)(H,24,29). The fourth-order valence-corrected chi connectivity index (χ4v) is 3.96. The van der Waals surface area contributed by atoms with Gasteiger partial charge in [-0.1, -0.05) is 54.2 Å². The number of hydrogen-bond acceptors (Lipinski definition) is 5. The van der Waals surface area contributed by atoms with Crippen LogP contribution in [0.4, 0.5) is 5.69 Å². The molecule has 7 nitrogen and oxygen atoms in total. The van der Waals surface area contributed by atoms with Crippen LogP contribution in [-0.4, -0.2) is 32.3 Å². The van der Waals surface area contributed by atoms with Gasteiger partial charge in [0, 0.05) is 24.6 Å². The van der Waals surface area contributed by atoms with Crippen LogP contribution < -0.4 is 11.1 Å². The van der Waals surface area contributed by atoms with Crippen molar-refractivity contribution in [3.05, 3.63) is 60.4 Å². The fraction of sp³-hybridized carbons (Fsp3) is 0.273. The first-order valence-corrected chi connectivity index (χ1v) is 10.9. The lowest BCUT2D eigenvalue weighted by Gasteiger charge is -2.09. The number of nitrogens with one attached hydrogen (secondary N) is 1. The molecule has 0 unspecified atom stereocenters. The monoisotopic (exact) mass is 421 g/mol. The fourth-order valence-electron chi connectivity index (χ4n) is 3.19. The predicted octanol–water partition coefficient (Wildman–Crippen LogP) is 3.43. The van der Waals surface area contributed by atoms with E-state index in [1.807, 2.05) is 47.0 Å². The van der Waals surface area contributed by atoms with E-state index in [1.165, 1.54) is 11.8 Å². The number of rotatable bonds is 9. The molecular formula is C22H23N5O2S. The van der Waals surface area contributed by atoms with E-state index in [1.54, 1.807) is 0 Å². The number of primary amides is 1. The summed E-state index contributed by atoms with van der Waals surface area (Å²) in [5.74, 6) is 1.01. The Morgan fingerprint density at radius 3 is 2.40 bits per heavy atom. The molecule has 0 spiro atoms. The summed E-state index contributed by atoms with van der Waals surface area (Å²) in [6.07, 6.45) is 2.39. The molecule has 0 radical (unpaired) electrons. The number of thioether (sulfide) groups is 1. The molecule has 0 saturated heterocycles. The van der Waals surface area contributed by atoms with Crippen LogP contribution in [-0.2, 0) is 16.1 Å². The minimum atomic E-state index is -0.363. The van der Waals surface area contributed by atoms with Crippen LogP contribution in [0.1, 0.15) is 31.0 Å². The van der Waals surface area contributed by atoms with E-state index in [2.05, 4.69) is 27.6 Å². The molecule has 0 aliphatic heterocycles. The summed E-state index contributed by atoms with van der Waals surface area (Å²) >= 11 is 1.32. The second kappa shape index (κ2) is 9.13. The van der Waals surface area contributed by atoms with Gasteiger partial charge in [0.25, 0.3) is 0 Å². The van der Waals surface area contributed by atoms with Gasteiger partial charge in [-0.15, -0.1) is 10.2 Å². The number of amides is 2. The number of carbonyl (C=O) groups excluding carboxylic acids is 2. The number of anilines is 1. The summed E-state index contributed by atoms with van der Waals surface area (Å²) in [6, 6.07) is 17.8. The maximum absolute atomic E-state index is 12.4. The first-order chi connectivity index (χ1) is 14.6. The summed E-state index contributed by atoms with van der Waals surface area (Å²) in [7, 11) is 0. The van der Waals surface area contributed by atoms with E-state index in [4.69, 9.17) is 5.73 Å². The Labute approximate surface area is 179 Å². The highest BCUT2D eigenvalue weighted by Crippen LogP contribution is 2.40. The number of benzene rings is 2. The zero-order valence-corrected chi connectivity index (χ0v) is 17.3. The van der Waals surface area contributed by atoms with Crippen LogP contribution in [0.3, 0.4) is 0 Å². The summed E-state index contributed by atoms with van der Waals surface area (Å²) in [5.41, 5.74) is 8.26. The topological polar surface area (TPSA) is 103 Å². The lowest BCUT2D eigenvalue weighted by Crippen LogP contribution is -2.17. The van der Waals surface area contributed by atoms with Gasteiger partial charge in [0.15, 0.2) is 5.16 Å². The van der Waals surface area contributed by atoms with Crippen molar-refractivity contribution < 1.29 is 9.59 Å². The van der Waals surface area contributed by atoms with Gasteiger partial charge in [-0.25, -0.2) is 0 Å². The van der Waals surface area contributed by atoms with Crippen LogP contribution >= 0.6 is 11.8 Å². The molecule has 2 amide bonds. The maximum atomic E-state index is 12.4. The van der Waals surface area contributed by atoms with Crippen molar-refractivity contribution in [1.82, 2.24) is 14.8 Å². The highest BCUT2D eigenvalue weighted by molar-refractivity contribution is 7.99. The average Bonchev–Trinajstić information content (AvgIpc) is 3.52. The third-order valence-electron chi connectivity index (χ3n) is 4.88. The Kier molecular flexibility index (Phi) is 6.13. The highest BCUT2D eigenvalue weighted by atomic mass is 32.2. The summed E-state index contributed by atoms with van der Waals surface area (Å²) in [5, 5.41) is 12.0. The van der Waals surface area contributed by atoms with Crippen molar-refractivity contribution in [2.75, 3.05) is 11.1 Å². The smallest absolute Gasteiger partial charge is 0.234 e. The molecule has 1 aliphatic carbocycles. The van der Waals surface area contributed by atoms with Crippen LogP contribution in [0.15, 0.2) is 59.8 Å². The maximum Gasteiger partial charge on any atom is 0.234 e. The van der Waals surface area contributed by atoms with Crippen molar-refractivity contribution in [2.24, 2.45) is 5.73 Å². The first-order valence-electron chi connectivity index (χ1n) is 9.89. The van der Waals surface area contributed by atoms with E-state index in [9.17, 15) is 9.59 Å². The molecule has 1 aromatic heterocycles. The largest absolute Gasteiger partial charge is 0.370 e. The molecule has 154 valence electrons. The minimum Gasteiger partial charge on any atom is -0.370 e. The normalized spacial score (nSPS) is 13.2. The highest BCUT2D eigenvalue weighted by Gasteiger charge is 2.30. The Morgan fingerprint density at radius 2 is 1.73 bits per heavy atom. The van der Waals surface area contributed by atoms with Gasteiger partial charge < -0.3 is 15.6 Å². The van der Waals surface area contributed by atoms with Gasteiger partial charge >= 0.3 is 0 Å². The van der Waals surface area contributed by atoms with Crippen molar-refractivity contribution in [1.29, 1.82) is 0 Å². The number of nitrogens with two attached hydrogens (primary N) is 1. The molecule has 1 aliphatic rings. The molecule has 3 aromatic rings. The lowest BCUT2D eigenvalue weighted by molar-refractivity contribution is -0.118. The molecule has 2 aromatic carbocycles. The molecule has 1 heterocycles. The second-order valence-corrected chi connectivity index (χ2v) is 8.21. The Morgan fingerprint density at radius 1 is 1.03 bits per heavy atom. The molecule has 30 heavy (non-hydrogen) atoms. The summed E-state index contributed by atoms with van der Waals surface area (Å²) < 4.78 is 1.93. The van der Waals surface area contributed by atoms with Gasteiger partial charge in [0.2, 0.25) is 11.8 Å². The van der Waals surface area contributed by atoms with Crippen molar-refractivity contribution in [3.63, 3.8) is 0 Å². The van der Waals surface area contributed by atoms with Gasteiger partial charge in [0.05, 0.1) is 5.75 Å². The van der Waals surface area contributed by atoms with Crippen LogP contribution in [0.2, 0.25) is 0 Å². The average molecular weight is 422 g/mol. The number of carbonyl (C=O) groups is 2. The molecule has 1 fully saturated rings. The van der Waals surface area contributed by atoms with Crippen LogP contribution in [0, 0.1) is 0 Å². The molecule has 1 saturated carbocycles.